The van der Waals surface area contributed by atoms with Crippen LogP contribution in [0.3, 0.4) is 0 Å². The number of hydrogen-bond donors (Lipinski definition) is 1. The van der Waals surface area contributed by atoms with Gasteiger partial charge >= 0.3 is 5.97 Å². The number of ether oxygens (including phenoxy) is 1. The Balaban J connectivity index is 2.11. The van der Waals surface area contributed by atoms with Crippen LogP contribution < -0.4 is 5.32 Å². The lowest BCUT2D eigenvalue weighted by Gasteiger charge is -2.15. The molecule has 0 aromatic heterocycles. The molecule has 120 valence electrons. The predicted octanol–water partition coefficient (Wildman–Crippen LogP) is 2.97. The van der Waals surface area contributed by atoms with Gasteiger partial charge in [0, 0.05) is 10.6 Å². The van der Waals surface area contributed by atoms with E-state index in [-0.39, 0.29) is 6.61 Å². The average molecular weight is 314 g/mol. The van der Waals surface area contributed by atoms with E-state index >= 15 is 0 Å². The Morgan fingerprint density at radius 3 is 2.30 bits per heavy atom. The number of benzene rings is 2. The Hall–Kier alpha value is -2.89. The highest BCUT2D eigenvalue weighted by Crippen LogP contribution is 2.21. The van der Waals surface area contributed by atoms with Crippen molar-refractivity contribution >= 4 is 11.7 Å². The lowest BCUT2D eigenvalue weighted by atomic mass is 10.1. The summed E-state index contributed by atoms with van der Waals surface area (Å²) in [6.07, 6.45) is 0. The number of carbonyl (C=O) groups excluding carboxylic acids is 1. The number of hydrogen-bond acceptors (Lipinski definition) is 5. The van der Waals surface area contributed by atoms with Gasteiger partial charge in [0.1, 0.15) is 0 Å². The van der Waals surface area contributed by atoms with Crippen molar-refractivity contribution in [3.63, 3.8) is 0 Å². The molecule has 23 heavy (non-hydrogen) atoms. The third-order valence-corrected chi connectivity index (χ3v) is 3.24. The maximum atomic E-state index is 11.8. The van der Waals surface area contributed by atoms with Gasteiger partial charge in [0.05, 0.1) is 6.61 Å². The van der Waals surface area contributed by atoms with Gasteiger partial charge in [-0.1, -0.05) is 42.5 Å². The quantitative estimate of drug-likeness (QED) is 0.483. The summed E-state index contributed by atoms with van der Waals surface area (Å²) in [4.78, 5) is 22.0. The molecule has 1 N–H and O–H groups in total. The standard InChI is InChI=1S/C17H18N2O4/c1-2-23-17(20)16(12-19(21)22)18-15-10-8-14(9-11-15)13-6-4-3-5-7-13/h3-11,16,18H,2,12H2,1H3. The van der Waals surface area contributed by atoms with Crippen molar-refractivity contribution in [2.75, 3.05) is 18.5 Å². The lowest BCUT2D eigenvalue weighted by molar-refractivity contribution is -0.480. The fraction of sp³-hybridized carbons (Fsp3) is 0.235. The van der Waals surface area contributed by atoms with Crippen LogP contribution in [-0.4, -0.2) is 30.1 Å². The highest BCUT2D eigenvalue weighted by molar-refractivity contribution is 5.79. The van der Waals surface area contributed by atoms with E-state index in [9.17, 15) is 14.9 Å². The zero-order valence-corrected chi connectivity index (χ0v) is 12.8. The van der Waals surface area contributed by atoms with Crippen LogP contribution in [0.15, 0.2) is 54.6 Å². The van der Waals surface area contributed by atoms with Gasteiger partial charge in [-0.2, -0.15) is 0 Å². The topological polar surface area (TPSA) is 81.5 Å². The fourth-order valence-corrected chi connectivity index (χ4v) is 2.16. The molecule has 2 aromatic carbocycles. The molecule has 0 spiro atoms. The van der Waals surface area contributed by atoms with E-state index in [1.54, 1.807) is 19.1 Å². The molecule has 6 nitrogen and oxygen atoms in total. The van der Waals surface area contributed by atoms with Crippen LogP contribution in [0.2, 0.25) is 0 Å². The number of esters is 1. The Kier molecular flexibility index (Phi) is 5.68. The number of carbonyl (C=O) groups is 1. The average Bonchev–Trinajstić information content (AvgIpc) is 2.55. The molecule has 6 heteroatoms. The number of nitro groups is 1. The second kappa shape index (κ2) is 7.93. The van der Waals surface area contributed by atoms with E-state index < -0.39 is 23.5 Å². The minimum Gasteiger partial charge on any atom is -0.464 e. The third kappa shape index (κ3) is 4.81. The van der Waals surface area contributed by atoms with Crippen molar-refractivity contribution in [3.05, 3.63) is 64.7 Å². The zero-order valence-electron chi connectivity index (χ0n) is 12.8. The molecule has 0 aliphatic carbocycles. The number of nitrogens with zero attached hydrogens (tertiary/aromatic N) is 1. The van der Waals surface area contributed by atoms with Gasteiger partial charge in [-0.15, -0.1) is 0 Å². The summed E-state index contributed by atoms with van der Waals surface area (Å²) in [7, 11) is 0. The van der Waals surface area contributed by atoms with Crippen LogP contribution in [-0.2, 0) is 9.53 Å². The first-order valence-corrected chi connectivity index (χ1v) is 7.30. The van der Waals surface area contributed by atoms with Crippen LogP contribution in [0.1, 0.15) is 6.92 Å². The lowest BCUT2D eigenvalue weighted by Crippen LogP contribution is -2.37. The van der Waals surface area contributed by atoms with Crippen LogP contribution in [0.4, 0.5) is 5.69 Å². The van der Waals surface area contributed by atoms with E-state index in [4.69, 9.17) is 4.74 Å². The summed E-state index contributed by atoms with van der Waals surface area (Å²) in [6, 6.07) is 16.2. The minimum atomic E-state index is -1.01. The monoisotopic (exact) mass is 314 g/mol. The van der Waals surface area contributed by atoms with E-state index in [1.165, 1.54) is 0 Å². The van der Waals surface area contributed by atoms with Crippen molar-refractivity contribution in [3.8, 4) is 11.1 Å². The molecule has 0 saturated carbocycles. The van der Waals surface area contributed by atoms with Gasteiger partial charge in [-0.3, -0.25) is 10.1 Å². The molecule has 2 aromatic rings. The van der Waals surface area contributed by atoms with Gasteiger partial charge in [0.25, 0.3) is 0 Å². The zero-order chi connectivity index (χ0) is 16.7. The molecule has 0 fully saturated rings. The molecule has 0 radical (unpaired) electrons. The molecule has 0 aliphatic rings. The number of anilines is 1. The molecule has 0 amide bonds. The Morgan fingerprint density at radius 1 is 1.13 bits per heavy atom. The maximum absolute atomic E-state index is 11.8. The largest absolute Gasteiger partial charge is 0.464 e. The second-order valence-electron chi connectivity index (χ2n) is 4.91. The van der Waals surface area contributed by atoms with Crippen LogP contribution >= 0.6 is 0 Å². The van der Waals surface area contributed by atoms with E-state index in [1.807, 2.05) is 42.5 Å². The minimum absolute atomic E-state index is 0.182. The molecule has 1 unspecified atom stereocenters. The normalized spacial score (nSPS) is 11.5. The van der Waals surface area contributed by atoms with Crippen LogP contribution in [0.25, 0.3) is 11.1 Å². The molecule has 0 bridgehead atoms. The van der Waals surface area contributed by atoms with Gasteiger partial charge in [-0.05, 0) is 30.2 Å². The summed E-state index contributed by atoms with van der Waals surface area (Å²) < 4.78 is 4.86. The van der Waals surface area contributed by atoms with Crippen molar-refractivity contribution in [2.45, 2.75) is 13.0 Å². The van der Waals surface area contributed by atoms with Gasteiger partial charge in [0.15, 0.2) is 6.04 Å². The van der Waals surface area contributed by atoms with Gasteiger partial charge in [-0.25, -0.2) is 4.79 Å². The van der Waals surface area contributed by atoms with Crippen LogP contribution in [0, 0.1) is 10.1 Å². The van der Waals surface area contributed by atoms with E-state index in [0.717, 1.165) is 11.1 Å². The third-order valence-electron chi connectivity index (χ3n) is 3.24. The van der Waals surface area contributed by atoms with E-state index in [0.29, 0.717) is 5.69 Å². The van der Waals surface area contributed by atoms with Crippen molar-refractivity contribution < 1.29 is 14.5 Å². The molecule has 2 rings (SSSR count). The Morgan fingerprint density at radius 2 is 1.74 bits per heavy atom. The molecular formula is C17H18N2O4. The summed E-state index contributed by atoms with van der Waals surface area (Å²) in [5.74, 6) is -0.628. The maximum Gasteiger partial charge on any atom is 0.335 e. The highest BCUT2D eigenvalue weighted by Gasteiger charge is 2.25. The van der Waals surface area contributed by atoms with E-state index in [2.05, 4.69) is 5.32 Å². The second-order valence-corrected chi connectivity index (χ2v) is 4.91. The molecule has 0 saturated heterocycles. The van der Waals surface area contributed by atoms with Gasteiger partial charge < -0.3 is 10.1 Å². The first-order chi connectivity index (χ1) is 11.1. The summed E-state index contributed by atoms with van der Waals surface area (Å²) in [5, 5.41) is 13.6. The first-order valence-electron chi connectivity index (χ1n) is 7.30. The number of rotatable bonds is 7. The highest BCUT2D eigenvalue weighted by atomic mass is 16.6. The molecule has 0 aliphatic heterocycles. The number of nitrogens with one attached hydrogen (secondary N) is 1. The van der Waals surface area contributed by atoms with Crippen molar-refractivity contribution in [1.82, 2.24) is 0 Å². The van der Waals surface area contributed by atoms with Crippen molar-refractivity contribution in [2.24, 2.45) is 0 Å². The summed E-state index contributed by atoms with van der Waals surface area (Å²) in [6.45, 7) is 1.32. The Bertz CT molecular complexity index is 656. The smallest absolute Gasteiger partial charge is 0.335 e. The fourth-order valence-electron chi connectivity index (χ4n) is 2.16. The van der Waals surface area contributed by atoms with Crippen molar-refractivity contribution in [1.29, 1.82) is 0 Å². The van der Waals surface area contributed by atoms with Gasteiger partial charge in [0.2, 0.25) is 6.54 Å². The Labute approximate surface area is 134 Å². The summed E-state index contributed by atoms with van der Waals surface area (Å²) in [5.41, 5.74) is 2.73. The summed E-state index contributed by atoms with van der Waals surface area (Å²) >= 11 is 0. The first kappa shape index (κ1) is 16.5. The predicted molar refractivity (Wildman–Crippen MR) is 87.8 cm³/mol. The molecular weight excluding hydrogens is 296 g/mol. The van der Waals surface area contributed by atoms with Crippen LogP contribution in [0.5, 0.6) is 0 Å². The molecule has 1 atom stereocenters. The SMILES string of the molecule is CCOC(=O)C(C[N+](=O)[O-])Nc1ccc(-c2ccccc2)cc1. The molecule has 0 heterocycles.